The molecule has 3 rings (SSSR count). The molecule has 0 spiro atoms. The molecule has 1 saturated heterocycles. The molecule has 22 heavy (non-hydrogen) atoms. The maximum absolute atomic E-state index is 12.3. The first-order valence-electron chi connectivity index (χ1n) is 8.51. The Kier molecular flexibility index (Phi) is 5.11. The summed E-state index contributed by atoms with van der Waals surface area (Å²) < 4.78 is 0. The van der Waals surface area contributed by atoms with Gasteiger partial charge in [-0.1, -0.05) is 31.0 Å². The third kappa shape index (κ3) is 3.87. The van der Waals surface area contributed by atoms with E-state index in [1.54, 1.807) is 0 Å². The van der Waals surface area contributed by atoms with Crippen LogP contribution in [0.3, 0.4) is 0 Å². The van der Waals surface area contributed by atoms with E-state index in [2.05, 4.69) is 16.3 Å². The number of aliphatic hydroxyl groups excluding tert-OH is 1. The second kappa shape index (κ2) is 7.25. The van der Waals surface area contributed by atoms with Crippen molar-refractivity contribution in [3.8, 4) is 0 Å². The Morgan fingerprint density at radius 2 is 1.82 bits per heavy atom. The van der Waals surface area contributed by atoms with Crippen LogP contribution in [0.4, 0.5) is 5.69 Å². The Bertz CT molecular complexity index is 504. The van der Waals surface area contributed by atoms with Gasteiger partial charge < -0.3 is 10.4 Å². The Morgan fingerprint density at radius 1 is 1.14 bits per heavy atom. The van der Waals surface area contributed by atoms with Gasteiger partial charge in [0.1, 0.15) is 0 Å². The van der Waals surface area contributed by atoms with Crippen molar-refractivity contribution in [3.63, 3.8) is 0 Å². The minimum absolute atomic E-state index is 0.145. The number of carbonyl (C=O) groups is 1. The van der Waals surface area contributed by atoms with Crippen LogP contribution in [0.1, 0.15) is 44.1 Å². The van der Waals surface area contributed by atoms with E-state index in [1.165, 1.54) is 18.4 Å². The number of nitrogens with zero attached hydrogens (tertiary/aromatic N) is 1. The molecule has 1 aromatic rings. The van der Waals surface area contributed by atoms with E-state index in [-0.39, 0.29) is 17.9 Å². The summed E-state index contributed by atoms with van der Waals surface area (Å²) in [6.07, 6.45) is 5.95. The number of rotatable bonds is 4. The zero-order valence-electron chi connectivity index (χ0n) is 13.1. The average molecular weight is 302 g/mol. The van der Waals surface area contributed by atoms with Gasteiger partial charge in [0.2, 0.25) is 5.91 Å². The summed E-state index contributed by atoms with van der Waals surface area (Å²) in [5.41, 5.74) is 2.12. The minimum Gasteiger partial charge on any atom is -0.393 e. The molecule has 0 aromatic heterocycles. The highest BCUT2D eigenvalue weighted by Crippen LogP contribution is 2.27. The molecule has 1 amide bonds. The third-order valence-electron chi connectivity index (χ3n) is 4.95. The third-order valence-corrected chi connectivity index (χ3v) is 4.95. The largest absolute Gasteiger partial charge is 0.393 e. The van der Waals surface area contributed by atoms with E-state index in [0.717, 1.165) is 51.0 Å². The number of piperidine rings is 1. The van der Waals surface area contributed by atoms with E-state index in [1.807, 2.05) is 18.2 Å². The van der Waals surface area contributed by atoms with Crippen LogP contribution in [-0.4, -0.2) is 35.1 Å². The predicted octanol–water partition coefficient (Wildman–Crippen LogP) is 2.77. The fourth-order valence-electron chi connectivity index (χ4n) is 3.52. The highest BCUT2D eigenvalue weighted by Gasteiger charge is 2.23. The number of benzene rings is 1. The van der Waals surface area contributed by atoms with Crippen LogP contribution in [0.25, 0.3) is 0 Å². The second-order valence-electron chi connectivity index (χ2n) is 6.64. The minimum atomic E-state index is -0.145. The van der Waals surface area contributed by atoms with Crippen molar-refractivity contribution in [2.75, 3.05) is 18.4 Å². The molecule has 0 unspecified atom stereocenters. The zero-order valence-corrected chi connectivity index (χ0v) is 13.1. The number of nitrogens with one attached hydrogen (secondary N) is 1. The molecule has 1 saturated carbocycles. The first kappa shape index (κ1) is 15.5. The molecule has 4 heteroatoms. The van der Waals surface area contributed by atoms with Crippen molar-refractivity contribution in [2.45, 2.75) is 51.2 Å². The first-order valence-corrected chi connectivity index (χ1v) is 8.51. The van der Waals surface area contributed by atoms with Crippen LogP contribution in [0.15, 0.2) is 24.3 Å². The lowest BCUT2D eigenvalue weighted by molar-refractivity contribution is -0.119. The molecule has 2 aliphatic rings. The lowest BCUT2D eigenvalue weighted by atomic mass is 10.0. The molecular formula is C18H26N2O2. The number of aliphatic hydroxyl groups is 1. The number of hydrogen-bond acceptors (Lipinski definition) is 3. The number of carbonyl (C=O) groups excluding carboxylic acids is 1. The molecule has 0 bridgehead atoms. The van der Waals surface area contributed by atoms with Gasteiger partial charge >= 0.3 is 0 Å². The summed E-state index contributed by atoms with van der Waals surface area (Å²) in [5.74, 6) is 0.372. The highest BCUT2D eigenvalue weighted by molar-refractivity contribution is 5.93. The van der Waals surface area contributed by atoms with Crippen molar-refractivity contribution < 1.29 is 9.90 Å². The average Bonchev–Trinajstić information content (AvgIpc) is 3.06. The van der Waals surface area contributed by atoms with E-state index in [4.69, 9.17) is 0 Å². The molecule has 0 atom stereocenters. The smallest absolute Gasteiger partial charge is 0.227 e. The standard InChI is InChI=1S/C18H26N2O2/c21-16-9-11-20(12-10-16)13-15-7-3-4-8-17(15)19-18(22)14-5-1-2-6-14/h3-4,7-8,14,16,21H,1-2,5-6,9-13H2,(H,19,22). The second-order valence-corrected chi connectivity index (χ2v) is 6.64. The van der Waals surface area contributed by atoms with Crippen LogP contribution >= 0.6 is 0 Å². The van der Waals surface area contributed by atoms with E-state index in [9.17, 15) is 9.90 Å². The number of amides is 1. The Morgan fingerprint density at radius 3 is 2.55 bits per heavy atom. The molecule has 1 aliphatic heterocycles. The van der Waals surface area contributed by atoms with E-state index in [0.29, 0.717) is 0 Å². The van der Waals surface area contributed by atoms with E-state index >= 15 is 0 Å². The van der Waals surface area contributed by atoms with Gasteiger partial charge in [0, 0.05) is 31.2 Å². The van der Waals surface area contributed by atoms with Crippen molar-refractivity contribution in [1.29, 1.82) is 0 Å². The Labute approximate surface area is 132 Å². The molecule has 2 fully saturated rings. The number of para-hydroxylation sites is 1. The molecular weight excluding hydrogens is 276 g/mol. The summed E-state index contributed by atoms with van der Waals surface area (Å²) >= 11 is 0. The van der Waals surface area contributed by atoms with Gasteiger partial charge in [-0.3, -0.25) is 9.69 Å². The van der Waals surface area contributed by atoms with Crippen molar-refractivity contribution >= 4 is 11.6 Å². The molecule has 4 nitrogen and oxygen atoms in total. The predicted molar refractivity (Wildman–Crippen MR) is 87.5 cm³/mol. The normalized spacial score (nSPS) is 21.1. The van der Waals surface area contributed by atoms with Gasteiger partial charge in [-0.25, -0.2) is 0 Å². The topological polar surface area (TPSA) is 52.6 Å². The summed E-state index contributed by atoms with van der Waals surface area (Å²) in [6, 6.07) is 8.10. The molecule has 120 valence electrons. The summed E-state index contributed by atoms with van der Waals surface area (Å²) in [4.78, 5) is 14.7. The van der Waals surface area contributed by atoms with Gasteiger partial charge in [0.05, 0.1) is 6.10 Å². The van der Waals surface area contributed by atoms with Crippen molar-refractivity contribution in [2.24, 2.45) is 5.92 Å². The fraction of sp³-hybridized carbons (Fsp3) is 0.611. The van der Waals surface area contributed by atoms with Crippen LogP contribution in [0.5, 0.6) is 0 Å². The molecule has 1 aliphatic carbocycles. The van der Waals surface area contributed by atoms with Crippen LogP contribution in [0, 0.1) is 5.92 Å². The molecule has 1 aromatic carbocycles. The van der Waals surface area contributed by atoms with Gasteiger partial charge in [-0.05, 0) is 37.3 Å². The molecule has 0 radical (unpaired) electrons. The van der Waals surface area contributed by atoms with Crippen LogP contribution in [-0.2, 0) is 11.3 Å². The SMILES string of the molecule is O=C(Nc1ccccc1CN1CCC(O)CC1)C1CCCC1. The summed E-state index contributed by atoms with van der Waals surface area (Å²) in [5, 5.41) is 12.7. The Hall–Kier alpha value is -1.39. The number of likely N-dealkylation sites (tertiary alicyclic amines) is 1. The molecule has 1 heterocycles. The van der Waals surface area contributed by atoms with E-state index < -0.39 is 0 Å². The van der Waals surface area contributed by atoms with Gasteiger partial charge in [0.15, 0.2) is 0 Å². The highest BCUT2D eigenvalue weighted by atomic mass is 16.3. The summed E-state index contributed by atoms with van der Waals surface area (Å²) in [6.45, 7) is 2.69. The van der Waals surface area contributed by atoms with Gasteiger partial charge in [-0.15, -0.1) is 0 Å². The maximum atomic E-state index is 12.3. The number of hydrogen-bond donors (Lipinski definition) is 2. The van der Waals surface area contributed by atoms with Crippen molar-refractivity contribution in [3.05, 3.63) is 29.8 Å². The fourth-order valence-corrected chi connectivity index (χ4v) is 3.52. The molecule has 2 N–H and O–H groups in total. The lowest BCUT2D eigenvalue weighted by Gasteiger charge is -2.30. The van der Waals surface area contributed by atoms with Crippen LogP contribution < -0.4 is 5.32 Å². The monoisotopic (exact) mass is 302 g/mol. The van der Waals surface area contributed by atoms with Crippen molar-refractivity contribution in [1.82, 2.24) is 4.90 Å². The summed E-state index contributed by atoms with van der Waals surface area (Å²) in [7, 11) is 0. The van der Waals surface area contributed by atoms with Gasteiger partial charge in [0.25, 0.3) is 0 Å². The first-order chi connectivity index (χ1) is 10.7. The Balaban J connectivity index is 1.63. The number of anilines is 1. The maximum Gasteiger partial charge on any atom is 0.227 e. The lowest BCUT2D eigenvalue weighted by Crippen LogP contribution is -2.35. The van der Waals surface area contributed by atoms with Gasteiger partial charge in [-0.2, -0.15) is 0 Å². The zero-order chi connectivity index (χ0) is 15.4. The quantitative estimate of drug-likeness (QED) is 0.899. The van der Waals surface area contributed by atoms with Crippen LogP contribution in [0.2, 0.25) is 0 Å².